The second-order valence-electron chi connectivity index (χ2n) is 22.3. The molecule has 2 aliphatic carbocycles. The zero-order valence-corrected chi connectivity index (χ0v) is 45.2. The number of hydrogen-bond acceptors (Lipinski definition) is 0. The van der Waals surface area contributed by atoms with Crippen molar-refractivity contribution in [2.45, 2.75) is 58.3 Å². The Morgan fingerprint density at radius 2 is 0.767 bits per heavy atom. The van der Waals surface area contributed by atoms with Gasteiger partial charge in [0.05, 0.1) is 0 Å². The molecule has 0 nitrogen and oxygen atoms in total. The van der Waals surface area contributed by atoms with Crippen LogP contribution in [-0.2, 0) is 10.8 Å². The lowest BCUT2D eigenvalue weighted by atomic mass is 9.80. The van der Waals surface area contributed by atoms with E-state index >= 15 is 0 Å². The molecule has 0 heterocycles. The minimum absolute atomic E-state index is 0.0677. The number of benzene rings is 11. The van der Waals surface area contributed by atoms with Gasteiger partial charge in [-0.25, -0.2) is 0 Å². The molecule has 0 spiro atoms. The molecule has 2 heteroatoms. The summed E-state index contributed by atoms with van der Waals surface area (Å²) >= 11 is 7.72. The molecular formula is C71H54Br2. The second-order valence-corrected chi connectivity index (χ2v) is 24.1. The monoisotopic (exact) mass is 1060 g/mol. The van der Waals surface area contributed by atoms with Crippen LogP contribution in [0.1, 0.15) is 75.3 Å². The van der Waals surface area contributed by atoms with Crippen LogP contribution >= 0.6 is 31.9 Å². The SMILES string of the molecule is CC(C)(C)c1ccc(-c2cc(-c3ccc(C(C)(C)C)cc3)cc(-c3ccc4c5c(cccc35)-c3c-4c(-c4ccccc4)c4cc(C5c6cc(Br)ccc6-c6ccc(Br)cc65)ccc4c3-c3ccccc3)c2)cc1. The van der Waals surface area contributed by atoms with E-state index in [4.69, 9.17) is 0 Å². The average Bonchev–Trinajstić information content (AvgIpc) is 3.90. The van der Waals surface area contributed by atoms with Gasteiger partial charge in [-0.15, -0.1) is 0 Å². The molecule has 0 saturated heterocycles. The fraction of sp³-hybridized carbons (Fsp3) is 0.127. The van der Waals surface area contributed by atoms with Gasteiger partial charge < -0.3 is 0 Å². The van der Waals surface area contributed by atoms with Gasteiger partial charge in [-0.3, -0.25) is 0 Å². The third-order valence-electron chi connectivity index (χ3n) is 15.7. The Hall–Kier alpha value is -7.10. The quantitative estimate of drug-likeness (QED) is 0.156. The molecule has 0 amide bonds. The predicted molar refractivity (Wildman–Crippen MR) is 319 cm³/mol. The van der Waals surface area contributed by atoms with Gasteiger partial charge in [-0.05, 0) is 198 Å². The molecule has 0 unspecified atom stereocenters. The van der Waals surface area contributed by atoms with Gasteiger partial charge in [0.25, 0.3) is 0 Å². The molecule has 0 atom stereocenters. The van der Waals surface area contributed by atoms with E-state index in [2.05, 4.69) is 286 Å². The Morgan fingerprint density at radius 1 is 0.301 bits per heavy atom. The van der Waals surface area contributed by atoms with Gasteiger partial charge in [-0.2, -0.15) is 0 Å². The molecule has 0 radical (unpaired) electrons. The van der Waals surface area contributed by atoms with Crippen LogP contribution in [0.15, 0.2) is 221 Å². The van der Waals surface area contributed by atoms with Gasteiger partial charge in [0, 0.05) is 14.9 Å². The van der Waals surface area contributed by atoms with Crippen molar-refractivity contribution in [2.24, 2.45) is 0 Å². The Kier molecular flexibility index (Phi) is 10.8. The maximum absolute atomic E-state index is 3.86. The van der Waals surface area contributed by atoms with Crippen molar-refractivity contribution < 1.29 is 0 Å². The number of halogens is 2. The molecule has 0 fully saturated rings. The van der Waals surface area contributed by atoms with Crippen molar-refractivity contribution in [2.75, 3.05) is 0 Å². The van der Waals surface area contributed by atoms with E-state index in [0.29, 0.717) is 0 Å². The lowest BCUT2D eigenvalue weighted by molar-refractivity contribution is 0.590. The van der Waals surface area contributed by atoms with Crippen LogP contribution in [0, 0.1) is 0 Å². The third kappa shape index (κ3) is 7.68. The Balaban J connectivity index is 1.07. The summed E-state index contributed by atoms with van der Waals surface area (Å²) < 4.78 is 2.19. The summed E-state index contributed by atoms with van der Waals surface area (Å²) in [5.74, 6) is 0.0677. The molecular weight excluding hydrogens is 1010 g/mol. The van der Waals surface area contributed by atoms with Gasteiger partial charge in [0.15, 0.2) is 0 Å². The van der Waals surface area contributed by atoms with Gasteiger partial charge in [-0.1, -0.05) is 237 Å². The first-order valence-electron chi connectivity index (χ1n) is 25.6. The molecule has 0 bridgehead atoms. The zero-order valence-electron chi connectivity index (χ0n) is 42.0. The molecule has 0 aromatic heterocycles. The van der Waals surface area contributed by atoms with Gasteiger partial charge in [0.1, 0.15) is 0 Å². The Morgan fingerprint density at radius 3 is 1.29 bits per heavy atom. The molecule has 352 valence electrons. The summed E-state index contributed by atoms with van der Waals surface area (Å²) in [4.78, 5) is 0. The average molecular weight is 1070 g/mol. The minimum atomic E-state index is 0.0677. The van der Waals surface area contributed by atoms with Crippen LogP contribution in [0.5, 0.6) is 0 Å². The van der Waals surface area contributed by atoms with E-state index in [-0.39, 0.29) is 16.7 Å². The van der Waals surface area contributed by atoms with Crippen molar-refractivity contribution in [3.05, 3.63) is 249 Å². The number of hydrogen-bond donors (Lipinski definition) is 0. The molecule has 2 aliphatic rings. The van der Waals surface area contributed by atoms with Crippen molar-refractivity contribution in [3.63, 3.8) is 0 Å². The fourth-order valence-electron chi connectivity index (χ4n) is 12.1. The smallest absolute Gasteiger partial charge is 0.0353 e. The van der Waals surface area contributed by atoms with E-state index in [1.165, 1.54) is 138 Å². The molecule has 0 N–H and O–H groups in total. The highest BCUT2D eigenvalue weighted by molar-refractivity contribution is 9.10. The molecule has 11 aromatic carbocycles. The Bertz CT molecular complexity index is 3890. The van der Waals surface area contributed by atoms with E-state index in [0.717, 1.165) is 8.95 Å². The first-order chi connectivity index (χ1) is 35.3. The second kappa shape index (κ2) is 17.3. The topological polar surface area (TPSA) is 0 Å². The lowest BCUT2D eigenvalue weighted by Crippen LogP contribution is -2.10. The van der Waals surface area contributed by atoms with Crippen LogP contribution in [0.2, 0.25) is 0 Å². The fourth-order valence-corrected chi connectivity index (χ4v) is 12.9. The standard InChI is InChI=1S/C71H54Br2/c1-70(2,3)50-25-20-42(21-26-50)47-36-48(43-22-27-51(28-23-43)71(4,5)6)38-49(37-47)54-34-35-60-67-57(54)18-13-19-59(67)68-65(44-14-9-7-10-15-44)58-31-24-46(39-61(58)66(69(60)68)45-16-11-8-12-17-45)64-62-40-52(72)29-32-55(62)56-33-30-53(73)41-63(56)64/h7-41,64H,1-6H3. The summed E-state index contributed by atoms with van der Waals surface area (Å²) in [6, 6.07) is 80.7. The first kappa shape index (κ1) is 45.7. The summed E-state index contributed by atoms with van der Waals surface area (Å²) in [5.41, 5.74) is 26.8. The number of rotatable bonds is 6. The molecule has 11 aromatic rings. The summed E-state index contributed by atoms with van der Waals surface area (Å²) in [5, 5.41) is 5.09. The summed E-state index contributed by atoms with van der Waals surface area (Å²) in [6.45, 7) is 13.7. The highest BCUT2D eigenvalue weighted by Gasteiger charge is 2.34. The zero-order chi connectivity index (χ0) is 49.9. The van der Waals surface area contributed by atoms with Crippen LogP contribution in [-0.4, -0.2) is 0 Å². The lowest BCUT2D eigenvalue weighted by Gasteiger charge is -2.22. The Labute approximate surface area is 446 Å². The maximum atomic E-state index is 3.86. The molecule has 13 rings (SSSR count). The van der Waals surface area contributed by atoms with Crippen LogP contribution in [0.25, 0.3) is 111 Å². The van der Waals surface area contributed by atoms with Crippen LogP contribution in [0.3, 0.4) is 0 Å². The summed E-state index contributed by atoms with van der Waals surface area (Å²) in [7, 11) is 0. The van der Waals surface area contributed by atoms with E-state index in [1.807, 2.05) is 0 Å². The predicted octanol–water partition coefficient (Wildman–Crippen LogP) is 21.3. The van der Waals surface area contributed by atoms with Gasteiger partial charge >= 0.3 is 0 Å². The summed E-state index contributed by atoms with van der Waals surface area (Å²) in [6.07, 6.45) is 0. The first-order valence-corrected chi connectivity index (χ1v) is 27.1. The maximum Gasteiger partial charge on any atom is 0.0353 e. The van der Waals surface area contributed by atoms with Gasteiger partial charge in [0.2, 0.25) is 0 Å². The van der Waals surface area contributed by atoms with Crippen molar-refractivity contribution >= 4 is 53.4 Å². The number of fused-ring (bicyclic) bond motifs is 7. The van der Waals surface area contributed by atoms with Crippen molar-refractivity contribution in [1.82, 2.24) is 0 Å². The van der Waals surface area contributed by atoms with E-state index in [9.17, 15) is 0 Å². The highest BCUT2D eigenvalue weighted by atomic mass is 79.9. The third-order valence-corrected chi connectivity index (χ3v) is 16.7. The normalized spacial score (nSPS) is 12.9. The highest BCUT2D eigenvalue weighted by Crippen LogP contribution is 2.60. The molecule has 0 aliphatic heterocycles. The minimum Gasteiger partial charge on any atom is -0.0622 e. The molecule has 73 heavy (non-hydrogen) atoms. The van der Waals surface area contributed by atoms with Crippen LogP contribution in [0.4, 0.5) is 0 Å². The van der Waals surface area contributed by atoms with Crippen LogP contribution < -0.4 is 0 Å². The largest absolute Gasteiger partial charge is 0.0622 e. The van der Waals surface area contributed by atoms with E-state index < -0.39 is 0 Å². The van der Waals surface area contributed by atoms with Crippen molar-refractivity contribution in [1.29, 1.82) is 0 Å². The molecule has 0 saturated carbocycles. The van der Waals surface area contributed by atoms with Crippen molar-refractivity contribution in [3.8, 4) is 89.0 Å². The van der Waals surface area contributed by atoms with E-state index in [1.54, 1.807) is 0 Å².